The highest BCUT2D eigenvalue weighted by Crippen LogP contribution is 2.33. The quantitative estimate of drug-likeness (QED) is 0.813. The van der Waals surface area contributed by atoms with Gasteiger partial charge in [-0.1, -0.05) is 54.8 Å². The topological polar surface area (TPSA) is 41.1 Å². The van der Waals surface area contributed by atoms with Gasteiger partial charge in [-0.25, -0.2) is 4.79 Å². The van der Waals surface area contributed by atoms with Gasteiger partial charge in [0.15, 0.2) is 0 Å². The van der Waals surface area contributed by atoms with Crippen molar-refractivity contribution >= 4 is 23.3 Å². The predicted octanol–water partition coefficient (Wildman–Crippen LogP) is 5.02. The highest BCUT2D eigenvalue weighted by Gasteiger charge is 2.35. The van der Waals surface area contributed by atoms with E-state index in [-0.39, 0.29) is 11.6 Å². The van der Waals surface area contributed by atoms with Crippen LogP contribution in [0.1, 0.15) is 31.2 Å². The van der Waals surface area contributed by atoms with Crippen LogP contribution in [0.15, 0.2) is 54.6 Å². The highest BCUT2D eigenvalue weighted by atomic mass is 35.5. The van der Waals surface area contributed by atoms with Crippen LogP contribution in [0.4, 0.5) is 10.5 Å². The Balaban J connectivity index is 1.68. The summed E-state index contributed by atoms with van der Waals surface area (Å²) in [6.45, 7) is 0. The molecule has 1 fully saturated rings. The van der Waals surface area contributed by atoms with Crippen molar-refractivity contribution in [3.8, 4) is 0 Å². The van der Waals surface area contributed by atoms with E-state index >= 15 is 0 Å². The number of para-hydroxylation sites is 1. The largest absolute Gasteiger partial charge is 0.332 e. The number of rotatable bonds is 4. The minimum Gasteiger partial charge on any atom is -0.332 e. The van der Waals surface area contributed by atoms with Crippen LogP contribution in [0.25, 0.3) is 0 Å². The summed E-state index contributed by atoms with van der Waals surface area (Å²) in [6.07, 6.45) is 5.17. The molecule has 0 bridgehead atoms. The Morgan fingerprint density at radius 1 is 1.00 bits per heavy atom. The number of anilines is 1. The van der Waals surface area contributed by atoms with E-state index in [0.717, 1.165) is 42.8 Å². The van der Waals surface area contributed by atoms with Crippen LogP contribution < -0.4 is 10.6 Å². The third kappa shape index (κ3) is 4.26. The molecule has 0 atom stereocenters. The van der Waals surface area contributed by atoms with Crippen molar-refractivity contribution in [3.05, 3.63) is 65.2 Å². The van der Waals surface area contributed by atoms with Gasteiger partial charge < -0.3 is 10.6 Å². The molecular formula is C19H21ClN2O. The number of halogens is 1. The molecule has 3 rings (SSSR count). The fourth-order valence-corrected chi connectivity index (χ4v) is 3.44. The Hall–Kier alpha value is -2.00. The molecule has 0 heterocycles. The number of carbonyl (C=O) groups is 1. The van der Waals surface area contributed by atoms with E-state index in [9.17, 15) is 4.79 Å². The molecule has 0 aliphatic heterocycles. The first-order chi connectivity index (χ1) is 11.2. The summed E-state index contributed by atoms with van der Waals surface area (Å²) in [5.74, 6) is 0. The van der Waals surface area contributed by atoms with Crippen molar-refractivity contribution in [1.29, 1.82) is 0 Å². The van der Waals surface area contributed by atoms with Gasteiger partial charge >= 0.3 is 6.03 Å². The molecule has 1 aliphatic rings. The Morgan fingerprint density at radius 3 is 2.30 bits per heavy atom. The van der Waals surface area contributed by atoms with E-state index < -0.39 is 0 Å². The number of hydrogen-bond acceptors (Lipinski definition) is 1. The average Bonchev–Trinajstić information content (AvgIpc) is 2.98. The summed E-state index contributed by atoms with van der Waals surface area (Å²) in [5, 5.41) is 6.88. The van der Waals surface area contributed by atoms with Gasteiger partial charge in [0, 0.05) is 16.2 Å². The van der Waals surface area contributed by atoms with E-state index in [1.807, 2.05) is 54.6 Å². The molecule has 1 saturated carbocycles. The maximum atomic E-state index is 12.4. The molecule has 120 valence electrons. The third-order valence-electron chi connectivity index (χ3n) is 4.43. The van der Waals surface area contributed by atoms with Gasteiger partial charge in [0.2, 0.25) is 0 Å². The maximum Gasteiger partial charge on any atom is 0.319 e. The number of amides is 2. The van der Waals surface area contributed by atoms with Crippen molar-refractivity contribution in [2.75, 3.05) is 5.32 Å². The second-order valence-electron chi connectivity index (χ2n) is 6.24. The molecule has 2 aromatic carbocycles. The SMILES string of the molecule is O=C(Nc1ccccc1)NC1(Cc2ccc(Cl)cc2)CCCC1. The molecule has 2 N–H and O–H groups in total. The van der Waals surface area contributed by atoms with E-state index in [1.165, 1.54) is 5.56 Å². The number of urea groups is 1. The van der Waals surface area contributed by atoms with Crippen molar-refractivity contribution < 1.29 is 4.79 Å². The fourth-order valence-electron chi connectivity index (χ4n) is 3.32. The molecule has 23 heavy (non-hydrogen) atoms. The molecule has 4 heteroatoms. The fraction of sp³-hybridized carbons (Fsp3) is 0.316. The second kappa shape index (κ2) is 7.05. The first kappa shape index (κ1) is 15.9. The molecule has 2 aromatic rings. The zero-order valence-corrected chi connectivity index (χ0v) is 13.8. The minimum absolute atomic E-state index is 0.132. The lowest BCUT2D eigenvalue weighted by molar-refractivity contribution is 0.235. The van der Waals surface area contributed by atoms with Crippen LogP contribution in [0.3, 0.4) is 0 Å². The van der Waals surface area contributed by atoms with Gasteiger partial charge in [-0.05, 0) is 49.1 Å². The average molecular weight is 329 g/mol. The van der Waals surface area contributed by atoms with Crippen LogP contribution >= 0.6 is 11.6 Å². The summed E-state index contributed by atoms with van der Waals surface area (Å²) >= 11 is 5.96. The number of nitrogens with one attached hydrogen (secondary N) is 2. The predicted molar refractivity (Wildman–Crippen MR) is 95.0 cm³/mol. The van der Waals surface area contributed by atoms with Crippen molar-refractivity contribution in [2.45, 2.75) is 37.6 Å². The van der Waals surface area contributed by atoms with Crippen molar-refractivity contribution in [2.24, 2.45) is 0 Å². The van der Waals surface area contributed by atoms with Gasteiger partial charge in [-0.15, -0.1) is 0 Å². The molecule has 1 aliphatic carbocycles. The summed E-state index contributed by atoms with van der Waals surface area (Å²) < 4.78 is 0. The van der Waals surface area contributed by atoms with Crippen LogP contribution in [-0.2, 0) is 6.42 Å². The summed E-state index contributed by atoms with van der Waals surface area (Å²) in [5.41, 5.74) is 1.85. The Bertz CT molecular complexity index is 649. The zero-order chi connectivity index (χ0) is 16.1. The third-order valence-corrected chi connectivity index (χ3v) is 4.68. The highest BCUT2D eigenvalue weighted by molar-refractivity contribution is 6.30. The van der Waals surface area contributed by atoms with Crippen LogP contribution in [0.5, 0.6) is 0 Å². The zero-order valence-electron chi connectivity index (χ0n) is 13.0. The normalized spacial score (nSPS) is 16.0. The molecule has 3 nitrogen and oxygen atoms in total. The van der Waals surface area contributed by atoms with Gasteiger partial charge in [0.05, 0.1) is 0 Å². The lowest BCUT2D eigenvalue weighted by atomic mass is 9.89. The van der Waals surface area contributed by atoms with E-state index in [0.29, 0.717) is 0 Å². The summed E-state index contributed by atoms with van der Waals surface area (Å²) in [7, 11) is 0. The molecule has 2 amide bonds. The lowest BCUT2D eigenvalue weighted by Crippen LogP contribution is -2.49. The first-order valence-electron chi connectivity index (χ1n) is 8.04. The Kier molecular flexibility index (Phi) is 4.87. The second-order valence-corrected chi connectivity index (χ2v) is 6.67. The lowest BCUT2D eigenvalue weighted by Gasteiger charge is -2.30. The Morgan fingerprint density at radius 2 is 1.65 bits per heavy atom. The van der Waals surface area contributed by atoms with Crippen LogP contribution in [0.2, 0.25) is 5.02 Å². The molecule has 0 aromatic heterocycles. The summed E-state index contributed by atoms with van der Waals surface area (Å²) in [4.78, 5) is 12.4. The van der Waals surface area contributed by atoms with Crippen LogP contribution in [0, 0.1) is 0 Å². The molecule has 0 unspecified atom stereocenters. The van der Waals surface area contributed by atoms with Gasteiger partial charge in [-0.2, -0.15) is 0 Å². The summed E-state index contributed by atoms with van der Waals surface area (Å²) in [6, 6.07) is 17.3. The van der Waals surface area contributed by atoms with Gasteiger partial charge in [0.1, 0.15) is 0 Å². The smallest absolute Gasteiger partial charge is 0.319 e. The van der Waals surface area contributed by atoms with Crippen molar-refractivity contribution in [1.82, 2.24) is 5.32 Å². The van der Waals surface area contributed by atoms with E-state index in [4.69, 9.17) is 11.6 Å². The van der Waals surface area contributed by atoms with Crippen LogP contribution in [-0.4, -0.2) is 11.6 Å². The van der Waals surface area contributed by atoms with E-state index in [1.54, 1.807) is 0 Å². The molecule has 0 saturated heterocycles. The standard InChI is InChI=1S/C19H21ClN2O/c20-16-10-8-15(9-11-16)14-19(12-4-5-13-19)22-18(23)21-17-6-2-1-3-7-17/h1-3,6-11H,4-5,12-14H2,(H2,21,22,23). The number of carbonyl (C=O) groups excluding carboxylic acids is 1. The number of hydrogen-bond donors (Lipinski definition) is 2. The molecule has 0 radical (unpaired) electrons. The minimum atomic E-state index is -0.160. The molecule has 0 spiro atoms. The van der Waals surface area contributed by atoms with Crippen molar-refractivity contribution in [3.63, 3.8) is 0 Å². The van der Waals surface area contributed by atoms with Gasteiger partial charge in [-0.3, -0.25) is 0 Å². The monoisotopic (exact) mass is 328 g/mol. The van der Waals surface area contributed by atoms with E-state index in [2.05, 4.69) is 10.6 Å². The molecular weight excluding hydrogens is 308 g/mol. The first-order valence-corrected chi connectivity index (χ1v) is 8.42. The maximum absolute atomic E-state index is 12.4. The van der Waals surface area contributed by atoms with Gasteiger partial charge in [0.25, 0.3) is 0 Å². The Labute approximate surface area is 142 Å². The number of benzene rings is 2.